The van der Waals surface area contributed by atoms with Crippen LogP contribution in [0.15, 0.2) is 73.4 Å². The van der Waals surface area contributed by atoms with Gasteiger partial charge in [-0.1, -0.05) is 18.2 Å². The summed E-state index contributed by atoms with van der Waals surface area (Å²) in [5, 5.41) is 6.83. The highest BCUT2D eigenvalue weighted by atomic mass is 19.3. The summed E-state index contributed by atoms with van der Waals surface area (Å²) in [4.78, 5) is 25.2. The predicted octanol–water partition coefficient (Wildman–Crippen LogP) is 5.52. The second-order valence-corrected chi connectivity index (χ2v) is 9.04. The first-order valence-corrected chi connectivity index (χ1v) is 11.8. The van der Waals surface area contributed by atoms with Gasteiger partial charge in [0.2, 0.25) is 5.91 Å². The van der Waals surface area contributed by atoms with Gasteiger partial charge in [-0.05, 0) is 42.3 Å². The van der Waals surface area contributed by atoms with Crippen LogP contribution in [-0.2, 0) is 23.6 Å². The molecular formula is C28H23F3N6O. The zero-order valence-electron chi connectivity index (χ0n) is 20.6. The number of carbonyl (C=O) groups excluding carboxylic acids is 1. The normalized spacial score (nSPS) is 11.6. The maximum atomic E-state index is 14.8. The smallest absolute Gasteiger partial charge is 0.272 e. The Hall–Kier alpha value is -4.60. The molecule has 10 heteroatoms. The highest BCUT2D eigenvalue weighted by Gasteiger charge is 2.27. The standard InChI is InChI=1S/C28H23F3N6O/c1-17-23(28(2,30)31)12-22(16-32-17)36-27(38)11-19-7-6-18(9-24(19)29)21-13-33-26(34-14-21)10-20-15-35-37-8-4-3-5-25(20)37/h3-9,12-16H,10-11H2,1-2H3,(H,36,38). The van der Waals surface area contributed by atoms with Gasteiger partial charge in [0.25, 0.3) is 5.92 Å². The molecule has 0 atom stereocenters. The summed E-state index contributed by atoms with van der Waals surface area (Å²) in [6, 6.07) is 11.5. The number of rotatable bonds is 7. The number of halogens is 3. The molecule has 0 unspecified atom stereocenters. The Morgan fingerprint density at radius 1 is 0.974 bits per heavy atom. The van der Waals surface area contributed by atoms with Crippen molar-refractivity contribution in [1.82, 2.24) is 24.6 Å². The van der Waals surface area contributed by atoms with Crippen molar-refractivity contribution in [3.63, 3.8) is 0 Å². The minimum Gasteiger partial charge on any atom is -0.324 e. The van der Waals surface area contributed by atoms with Gasteiger partial charge >= 0.3 is 0 Å². The van der Waals surface area contributed by atoms with Gasteiger partial charge in [0.1, 0.15) is 11.6 Å². The van der Waals surface area contributed by atoms with E-state index in [0.29, 0.717) is 23.4 Å². The van der Waals surface area contributed by atoms with Crippen molar-refractivity contribution < 1.29 is 18.0 Å². The van der Waals surface area contributed by atoms with Gasteiger partial charge < -0.3 is 5.32 Å². The second-order valence-electron chi connectivity index (χ2n) is 9.04. The van der Waals surface area contributed by atoms with Crippen LogP contribution in [0.3, 0.4) is 0 Å². The van der Waals surface area contributed by atoms with Crippen molar-refractivity contribution in [3.8, 4) is 11.1 Å². The topological polar surface area (TPSA) is 85.1 Å². The molecule has 0 aliphatic rings. The molecule has 7 nitrogen and oxygen atoms in total. The van der Waals surface area contributed by atoms with Crippen molar-refractivity contribution in [2.45, 2.75) is 32.6 Å². The van der Waals surface area contributed by atoms with E-state index in [1.807, 2.05) is 24.4 Å². The lowest BCUT2D eigenvalue weighted by molar-refractivity contribution is -0.115. The van der Waals surface area contributed by atoms with E-state index in [-0.39, 0.29) is 28.9 Å². The Balaban J connectivity index is 1.25. The van der Waals surface area contributed by atoms with Crippen molar-refractivity contribution in [2.75, 3.05) is 5.32 Å². The summed E-state index contributed by atoms with van der Waals surface area (Å²) in [6.07, 6.45) is 8.43. The fraction of sp³-hybridized carbons (Fsp3) is 0.179. The van der Waals surface area contributed by atoms with Crippen LogP contribution in [-0.4, -0.2) is 30.5 Å². The number of aromatic nitrogens is 5. The van der Waals surface area contributed by atoms with E-state index >= 15 is 0 Å². The fourth-order valence-corrected chi connectivity index (χ4v) is 4.18. The van der Waals surface area contributed by atoms with Crippen LogP contribution in [0, 0.1) is 12.7 Å². The van der Waals surface area contributed by atoms with Crippen molar-refractivity contribution in [3.05, 3.63) is 107 Å². The summed E-state index contributed by atoms with van der Waals surface area (Å²) in [5.74, 6) is -3.62. The van der Waals surface area contributed by atoms with Gasteiger partial charge in [-0.3, -0.25) is 9.78 Å². The predicted molar refractivity (Wildman–Crippen MR) is 136 cm³/mol. The van der Waals surface area contributed by atoms with E-state index in [4.69, 9.17) is 0 Å². The van der Waals surface area contributed by atoms with Gasteiger partial charge in [0.15, 0.2) is 0 Å². The number of benzene rings is 1. The lowest BCUT2D eigenvalue weighted by atomic mass is 10.0. The molecule has 0 radical (unpaired) electrons. The molecule has 0 bridgehead atoms. The highest BCUT2D eigenvalue weighted by Crippen LogP contribution is 2.30. The number of aryl methyl sites for hydroxylation is 1. The van der Waals surface area contributed by atoms with E-state index in [9.17, 15) is 18.0 Å². The third kappa shape index (κ3) is 5.39. The molecule has 1 amide bonds. The number of alkyl halides is 2. The largest absolute Gasteiger partial charge is 0.324 e. The van der Waals surface area contributed by atoms with Crippen molar-refractivity contribution in [1.29, 1.82) is 0 Å². The number of pyridine rings is 2. The second kappa shape index (κ2) is 10.0. The van der Waals surface area contributed by atoms with E-state index < -0.39 is 17.6 Å². The summed E-state index contributed by atoms with van der Waals surface area (Å²) < 4.78 is 44.1. The van der Waals surface area contributed by atoms with Crippen LogP contribution >= 0.6 is 0 Å². The van der Waals surface area contributed by atoms with Crippen LogP contribution in [0.1, 0.15) is 35.1 Å². The Kier molecular flexibility index (Phi) is 6.62. The Labute approximate surface area is 216 Å². The molecule has 1 aromatic carbocycles. The van der Waals surface area contributed by atoms with Gasteiger partial charge in [-0.2, -0.15) is 5.10 Å². The SMILES string of the molecule is Cc1ncc(NC(=O)Cc2ccc(-c3cnc(Cc4cnn5ccccc45)nc3)cc2F)cc1C(C)(F)F. The molecule has 4 heterocycles. The Morgan fingerprint density at radius 3 is 2.50 bits per heavy atom. The number of nitrogens with zero attached hydrogens (tertiary/aromatic N) is 5. The third-order valence-electron chi connectivity index (χ3n) is 6.14. The Bertz CT molecular complexity index is 1630. The lowest BCUT2D eigenvalue weighted by Gasteiger charge is -2.15. The van der Waals surface area contributed by atoms with E-state index in [0.717, 1.165) is 18.0 Å². The summed E-state index contributed by atoms with van der Waals surface area (Å²) in [7, 11) is 0. The fourth-order valence-electron chi connectivity index (χ4n) is 4.18. The number of nitrogens with one attached hydrogen (secondary N) is 1. The monoisotopic (exact) mass is 516 g/mol. The maximum absolute atomic E-state index is 14.8. The number of amides is 1. The first kappa shape index (κ1) is 25.1. The number of hydrogen-bond donors (Lipinski definition) is 1. The molecule has 0 saturated carbocycles. The number of fused-ring (bicyclic) bond motifs is 1. The minimum atomic E-state index is -3.10. The number of anilines is 1. The third-order valence-corrected chi connectivity index (χ3v) is 6.14. The molecule has 38 heavy (non-hydrogen) atoms. The molecule has 4 aromatic heterocycles. The van der Waals surface area contributed by atoms with E-state index in [1.165, 1.54) is 31.3 Å². The van der Waals surface area contributed by atoms with Crippen LogP contribution in [0.2, 0.25) is 0 Å². The molecule has 5 aromatic rings. The molecular weight excluding hydrogens is 493 g/mol. The van der Waals surface area contributed by atoms with E-state index in [2.05, 4.69) is 25.4 Å². The average molecular weight is 517 g/mol. The van der Waals surface area contributed by atoms with Crippen LogP contribution in [0.25, 0.3) is 16.6 Å². The molecule has 0 spiro atoms. The van der Waals surface area contributed by atoms with Crippen molar-refractivity contribution in [2.24, 2.45) is 0 Å². The molecule has 0 saturated heterocycles. The Morgan fingerprint density at radius 2 is 1.76 bits per heavy atom. The number of hydrogen-bond acceptors (Lipinski definition) is 5. The average Bonchev–Trinajstić information content (AvgIpc) is 3.29. The van der Waals surface area contributed by atoms with Gasteiger partial charge in [-0.15, -0.1) is 0 Å². The van der Waals surface area contributed by atoms with Crippen molar-refractivity contribution >= 4 is 17.1 Å². The first-order chi connectivity index (χ1) is 18.2. The molecule has 192 valence electrons. The zero-order valence-corrected chi connectivity index (χ0v) is 20.6. The molecule has 0 aliphatic carbocycles. The lowest BCUT2D eigenvalue weighted by Crippen LogP contribution is -2.17. The summed E-state index contributed by atoms with van der Waals surface area (Å²) in [6.45, 7) is 2.23. The summed E-state index contributed by atoms with van der Waals surface area (Å²) >= 11 is 0. The molecule has 0 aliphatic heterocycles. The van der Waals surface area contributed by atoms with Crippen LogP contribution in [0.5, 0.6) is 0 Å². The highest BCUT2D eigenvalue weighted by molar-refractivity contribution is 5.92. The van der Waals surface area contributed by atoms with Gasteiger partial charge in [-0.25, -0.2) is 27.7 Å². The van der Waals surface area contributed by atoms with Gasteiger partial charge in [0, 0.05) is 54.3 Å². The van der Waals surface area contributed by atoms with Crippen LogP contribution in [0.4, 0.5) is 18.9 Å². The first-order valence-electron chi connectivity index (χ1n) is 11.8. The summed E-state index contributed by atoms with van der Waals surface area (Å²) in [5.41, 5.74) is 3.34. The zero-order chi connectivity index (χ0) is 26.9. The maximum Gasteiger partial charge on any atom is 0.272 e. The number of carbonyl (C=O) groups is 1. The van der Waals surface area contributed by atoms with E-state index in [1.54, 1.807) is 29.2 Å². The van der Waals surface area contributed by atoms with Crippen LogP contribution < -0.4 is 5.32 Å². The minimum absolute atomic E-state index is 0.121. The molecule has 0 fully saturated rings. The molecule has 1 N–H and O–H groups in total. The quantitative estimate of drug-likeness (QED) is 0.308. The van der Waals surface area contributed by atoms with Gasteiger partial charge in [0.05, 0.1) is 30.0 Å². The molecule has 5 rings (SSSR count).